The van der Waals surface area contributed by atoms with Crippen molar-refractivity contribution in [3.63, 3.8) is 0 Å². The van der Waals surface area contributed by atoms with Gasteiger partial charge < -0.3 is 25.1 Å². The van der Waals surface area contributed by atoms with E-state index in [0.717, 1.165) is 37.0 Å². The van der Waals surface area contributed by atoms with Crippen LogP contribution >= 0.6 is 11.6 Å². The fourth-order valence-corrected chi connectivity index (χ4v) is 5.83. The monoisotopic (exact) mass is 534 g/mol. The molecule has 0 spiro atoms. The number of aromatic hydroxyl groups is 1. The van der Waals surface area contributed by atoms with Crippen LogP contribution in [0.25, 0.3) is 32.8 Å². The number of anilines is 2. The standard InChI is InChI=1S/C29H32ClFN6O/c1-16-13-37(17(2)12-32-16)28-23-11-24(30)25(22-10-20(38)9-18-7-5-6-8-21(18)22)26(31)27(23)33-29(34-28)36-14-19(15-36)35(3)4/h5-11,16-17,19,32,38H,12-15H2,1-4H3/t16-,17+/m1/s1. The number of phenols is 1. The molecule has 3 heterocycles. The van der Waals surface area contributed by atoms with Crippen LogP contribution in [0.2, 0.25) is 5.02 Å². The molecule has 2 aliphatic heterocycles. The summed E-state index contributed by atoms with van der Waals surface area (Å²) in [6, 6.07) is 13.4. The first-order valence-electron chi connectivity index (χ1n) is 13.0. The van der Waals surface area contributed by atoms with Crippen molar-refractivity contribution in [2.75, 3.05) is 50.1 Å². The molecule has 3 aromatic carbocycles. The summed E-state index contributed by atoms with van der Waals surface area (Å²) in [6.07, 6.45) is 0. The molecule has 2 aliphatic rings. The Kier molecular flexibility index (Phi) is 6.29. The molecule has 2 saturated heterocycles. The molecule has 0 saturated carbocycles. The Balaban J connectivity index is 1.58. The molecule has 0 bridgehead atoms. The van der Waals surface area contributed by atoms with E-state index in [0.29, 0.717) is 28.8 Å². The summed E-state index contributed by atoms with van der Waals surface area (Å²) >= 11 is 6.84. The second-order valence-electron chi connectivity index (χ2n) is 10.8. The topological polar surface area (TPSA) is 67.8 Å². The van der Waals surface area contributed by atoms with E-state index < -0.39 is 5.82 Å². The van der Waals surface area contributed by atoms with Gasteiger partial charge in [-0.1, -0.05) is 35.9 Å². The zero-order chi connectivity index (χ0) is 26.7. The van der Waals surface area contributed by atoms with Crippen molar-refractivity contribution in [3.8, 4) is 16.9 Å². The van der Waals surface area contributed by atoms with Crippen molar-refractivity contribution in [1.29, 1.82) is 0 Å². The number of piperazine rings is 1. The van der Waals surface area contributed by atoms with Crippen molar-refractivity contribution in [2.45, 2.75) is 32.0 Å². The third kappa shape index (κ3) is 4.21. The predicted molar refractivity (Wildman–Crippen MR) is 153 cm³/mol. The number of benzene rings is 3. The average molecular weight is 535 g/mol. The van der Waals surface area contributed by atoms with E-state index >= 15 is 4.39 Å². The Morgan fingerprint density at radius 2 is 1.82 bits per heavy atom. The summed E-state index contributed by atoms with van der Waals surface area (Å²) in [7, 11) is 4.12. The van der Waals surface area contributed by atoms with Crippen LogP contribution in [0.1, 0.15) is 13.8 Å². The molecule has 9 heteroatoms. The first-order chi connectivity index (χ1) is 18.2. The minimum atomic E-state index is -0.506. The molecule has 0 unspecified atom stereocenters. The second-order valence-corrected chi connectivity index (χ2v) is 11.2. The highest BCUT2D eigenvalue weighted by molar-refractivity contribution is 6.35. The molecule has 6 rings (SSSR count). The summed E-state index contributed by atoms with van der Waals surface area (Å²) < 4.78 is 16.7. The average Bonchev–Trinajstić information content (AvgIpc) is 2.84. The van der Waals surface area contributed by atoms with Crippen molar-refractivity contribution < 1.29 is 9.50 Å². The number of rotatable bonds is 4. The molecular formula is C29H32ClFN6O. The number of likely N-dealkylation sites (N-methyl/N-ethyl adjacent to an activating group) is 1. The van der Waals surface area contributed by atoms with Gasteiger partial charge in [-0.25, -0.2) is 9.37 Å². The van der Waals surface area contributed by atoms with Crippen molar-refractivity contribution in [3.05, 3.63) is 53.3 Å². The summed E-state index contributed by atoms with van der Waals surface area (Å²) in [5.74, 6) is 0.773. The van der Waals surface area contributed by atoms with Crippen molar-refractivity contribution in [2.24, 2.45) is 0 Å². The minimum Gasteiger partial charge on any atom is -0.508 e. The highest BCUT2D eigenvalue weighted by Crippen LogP contribution is 2.43. The molecule has 0 aliphatic carbocycles. The quantitative estimate of drug-likeness (QED) is 0.386. The van der Waals surface area contributed by atoms with E-state index in [1.54, 1.807) is 18.2 Å². The third-order valence-corrected chi connectivity index (χ3v) is 8.18. The van der Waals surface area contributed by atoms with Crippen LogP contribution in [-0.2, 0) is 0 Å². The minimum absolute atomic E-state index is 0.0530. The van der Waals surface area contributed by atoms with E-state index in [1.807, 2.05) is 24.3 Å². The predicted octanol–water partition coefficient (Wildman–Crippen LogP) is 4.88. The molecule has 38 heavy (non-hydrogen) atoms. The number of fused-ring (bicyclic) bond motifs is 2. The van der Waals surface area contributed by atoms with Gasteiger partial charge in [-0.3, -0.25) is 0 Å². The highest BCUT2D eigenvalue weighted by Gasteiger charge is 2.33. The molecular weight excluding hydrogens is 503 g/mol. The highest BCUT2D eigenvalue weighted by atomic mass is 35.5. The zero-order valence-electron chi connectivity index (χ0n) is 22.0. The fourth-order valence-electron chi connectivity index (χ4n) is 5.54. The van der Waals surface area contributed by atoms with Crippen LogP contribution in [-0.4, -0.2) is 78.4 Å². The SMILES string of the molecule is C[C@@H]1CN(c2nc(N3CC(N(C)C)C3)nc3c(F)c(-c4cc(O)cc5ccccc45)c(Cl)cc23)[C@@H](C)CN1. The molecule has 4 aromatic rings. The van der Waals surface area contributed by atoms with Gasteiger partial charge in [0, 0.05) is 55.3 Å². The van der Waals surface area contributed by atoms with Crippen LogP contribution in [0.5, 0.6) is 5.75 Å². The number of aromatic nitrogens is 2. The summed E-state index contributed by atoms with van der Waals surface area (Å²) in [4.78, 5) is 16.3. The number of halogens is 2. The van der Waals surface area contributed by atoms with Crippen LogP contribution in [0, 0.1) is 5.82 Å². The van der Waals surface area contributed by atoms with Gasteiger partial charge in [0.25, 0.3) is 0 Å². The second kappa shape index (κ2) is 9.52. The normalized spacial score (nSPS) is 20.5. The summed E-state index contributed by atoms with van der Waals surface area (Å²) in [6.45, 7) is 7.39. The lowest BCUT2D eigenvalue weighted by molar-refractivity contribution is 0.245. The Morgan fingerprint density at radius 3 is 2.58 bits per heavy atom. The number of nitrogens with zero attached hydrogens (tertiary/aromatic N) is 5. The van der Waals surface area contributed by atoms with Crippen LogP contribution in [0.15, 0.2) is 42.5 Å². The molecule has 0 radical (unpaired) electrons. The first-order valence-corrected chi connectivity index (χ1v) is 13.4. The Bertz CT molecular complexity index is 1540. The maximum Gasteiger partial charge on any atom is 0.228 e. The van der Waals surface area contributed by atoms with Gasteiger partial charge in [-0.15, -0.1) is 0 Å². The fraction of sp³-hybridized carbons (Fsp3) is 0.379. The first kappa shape index (κ1) is 25.1. The van der Waals surface area contributed by atoms with Crippen molar-refractivity contribution in [1.82, 2.24) is 20.2 Å². The summed E-state index contributed by atoms with van der Waals surface area (Å²) in [5, 5.41) is 16.4. The van der Waals surface area contributed by atoms with Gasteiger partial charge >= 0.3 is 0 Å². The lowest BCUT2D eigenvalue weighted by Gasteiger charge is -2.43. The Hall–Kier alpha value is -3.20. The summed E-state index contributed by atoms with van der Waals surface area (Å²) in [5.41, 5.74) is 1.01. The molecule has 2 N–H and O–H groups in total. The molecule has 0 amide bonds. The van der Waals surface area contributed by atoms with E-state index in [4.69, 9.17) is 21.6 Å². The lowest BCUT2D eigenvalue weighted by Crippen LogP contribution is -2.58. The van der Waals surface area contributed by atoms with E-state index in [1.165, 1.54) is 0 Å². The van der Waals surface area contributed by atoms with Crippen LogP contribution in [0.3, 0.4) is 0 Å². The number of nitrogens with one attached hydrogen (secondary N) is 1. The molecule has 2 atom stereocenters. The van der Waals surface area contributed by atoms with Gasteiger partial charge in [0.2, 0.25) is 5.95 Å². The zero-order valence-corrected chi connectivity index (χ0v) is 22.8. The maximum atomic E-state index is 16.7. The van der Waals surface area contributed by atoms with Crippen LogP contribution in [0.4, 0.5) is 16.2 Å². The van der Waals surface area contributed by atoms with Crippen LogP contribution < -0.4 is 15.1 Å². The van der Waals surface area contributed by atoms with Gasteiger partial charge in [-0.05, 0) is 62.5 Å². The molecule has 1 aromatic heterocycles. The van der Waals surface area contributed by atoms with E-state index in [2.05, 4.69) is 48.0 Å². The van der Waals surface area contributed by atoms with Gasteiger partial charge in [0.15, 0.2) is 5.82 Å². The largest absolute Gasteiger partial charge is 0.508 e. The lowest BCUT2D eigenvalue weighted by atomic mass is 9.96. The Labute approximate surface area is 226 Å². The van der Waals surface area contributed by atoms with Gasteiger partial charge in [0.05, 0.1) is 5.02 Å². The molecule has 2 fully saturated rings. The van der Waals surface area contributed by atoms with E-state index in [9.17, 15) is 5.11 Å². The number of phenolic OH excluding ortho intramolecular Hbond substituents is 1. The molecule has 7 nitrogen and oxygen atoms in total. The number of hydrogen-bond acceptors (Lipinski definition) is 7. The number of hydrogen-bond donors (Lipinski definition) is 2. The van der Waals surface area contributed by atoms with Gasteiger partial charge in [0.1, 0.15) is 17.1 Å². The van der Waals surface area contributed by atoms with Gasteiger partial charge in [-0.2, -0.15) is 4.98 Å². The smallest absolute Gasteiger partial charge is 0.228 e. The molecule has 198 valence electrons. The van der Waals surface area contributed by atoms with E-state index in [-0.39, 0.29) is 33.9 Å². The third-order valence-electron chi connectivity index (χ3n) is 7.88. The Morgan fingerprint density at radius 1 is 1.05 bits per heavy atom. The maximum absolute atomic E-state index is 16.7. The van der Waals surface area contributed by atoms with Crippen molar-refractivity contribution >= 4 is 45.0 Å².